The van der Waals surface area contributed by atoms with Crippen molar-refractivity contribution in [2.45, 2.75) is 51.4 Å². The summed E-state index contributed by atoms with van der Waals surface area (Å²) >= 11 is 0. The normalized spacial score (nSPS) is 23.9. The molecule has 1 N–H and O–H groups in total. The first-order valence-corrected chi connectivity index (χ1v) is 7.98. The van der Waals surface area contributed by atoms with Crippen molar-refractivity contribution in [2.24, 2.45) is 5.92 Å². The number of rotatable bonds is 4. The molecule has 1 atom stereocenters. The zero-order valence-electron chi connectivity index (χ0n) is 12.4. The maximum atomic E-state index is 5.47. The standard InChI is InChI=1S/C16H25N3O/c1-12-18-15(14-7-8-20-11-14)9-16(19-12)17-10-13-5-3-2-4-6-13/h9,13-14H,2-8,10-11H2,1H3,(H,17,18,19)/t14-/m0/s1. The minimum atomic E-state index is 0.451. The van der Waals surface area contributed by atoms with Crippen molar-refractivity contribution in [3.8, 4) is 0 Å². The van der Waals surface area contributed by atoms with Gasteiger partial charge in [0.05, 0.1) is 12.3 Å². The zero-order chi connectivity index (χ0) is 13.8. The molecule has 1 aromatic heterocycles. The molecule has 1 saturated carbocycles. The molecule has 2 heterocycles. The van der Waals surface area contributed by atoms with Gasteiger partial charge in [-0.3, -0.25) is 0 Å². The molecule has 110 valence electrons. The van der Waals surface area contributed by atoms with Crippen LogP contribution in [0.2, 0.25) is 0 Å². The predicted molar refractivity (Wildman–Crippen MR) is 80.0 cm³/mol. The Morgan fingerprint density at radius 2 is 2.05 bits per heavy atom. The fourth-order valence-electron chi connectivity index (χ4n) is 3.30. The largest absolute Gasteiger partial charge is 0.381 e. The van der Waals surface area contributed by atoms with Gasteiger partial charge in [0.25, 0.3) is 0 Å². The molecular weight excluding hydrogens is 250 g/mol. The van der Waals surface area contributed by atoms with Crippen molar-refractivity contribution < 1.29 is 4.74 Å². The maximum absolute atomic E-state index is 5.47. The van der Waals surface area contributed by atoms with Gasteiger partial charge in [-0.25, -0.2) is 9.97 Å². The Kier molecular flexibility index (Phi) is 4.51. The van der Waals surface area contributed by atoms with E-state index in [1.807, 2.05) is 6.92 Å². The van der Waals surface area contributed by atoms with E-state index in [1.54, 1.807) is 0 Å². The third kappa shape index (κ3) is 3.48. The van der Waals surface area contributed by atoms with Gasteiger partial charge in [0.15, 0.2) is 0 Å². The van der Waals surface area contributed by atoms with Crippen molar-refractivity contribution >= 4 is 5.82 Å². The van der Waals surface area contributed by atoms with Crippen molar-refractivity contribution in [1.82, 2.24) is 9.97 Å². The van der Waals surface area contributed by atoms with Gasteiger partial charge < -0.3 is 10.1 Å². The quantitative estimate of drug-likeness (QED) is 0.916. The number of ether oxygens (including phenoxy) is 1. The van der Waals surface area contributed by atoms with Crippen molar-refractivity contribution in [3.05, 3.63) is 17.6 Å². The molecule has 20 heavy (non-hydrogen) atoms. The summed E-state index contributed by atoms with van der Waals surface area (Å²) in [6.45, 7) is 4.69. The fraction of sp³-hybridized carbons (Fsp3) is 0.750. The van der Waals surface area contributed by atoms with E-state index in [9.17, 15) is 0 Å². The Balaban J connectivity index is 1.63. The van der Waals surface area contributed by atoms with Gasteiger partial charge in [0.1, 0.15) is 11.6 Å². The van der Waals surface area contributed by atoms with Gasteiger partial charge in [-0.05, 0) is 32.1 Å². The van der Waals surface area contributed by atoms with Gasteiger partial charge in [-0.15, -0.1) is 0 Å². The first-order chi connectivity index (χ1) is 9.81. The van der Waals surface area contributed by atoms with Crippen LogP contribution in [0.15, 0.2) is 6.07 Å². The fourth-order valence-corrected chi connectivity index (χ4v) is 3.30. The SMILES string of the molecule is Cc1nc(NCC2CCCCC2)cc([C@H]2CCOC2)n1. The molecule has 1 saturated heterocycles. The van der Waals surface area contributed by atoms with Gasteiger partial charge in [-0.1, -0.05) is 19.3 Å². The van der Waals surface area contributed by atoms with Crippen molar-refractivity contribution in [2.75, 3.05) is 25.1 Å². The Morgan fingerprint density at radius 3 is 2.80 bits per heavy atom. The van der Waals surface area contributed by atoms with Crippen molar-refractivity contribution in [3.63, 3.8) is 0 Å². The molecule has 0 radical (unpaired) electrons. The van der Waals surface area contributed by atoms with E-state index < -0.39 is 0 Å². The molecule has 0 unspecified atom stereocenters. The highest BCUT2D eigenvalue weighted by Crippen LogP contribution is 2.26. The van der Waals surface area contributed by atoms with Crippen molar-refractivity contribution in [1.29, 1.82) is 0 Å². The second-order valence-electron chi connectivity index (χ2n) is 6.17. The van der Waals surface area contributed by atoms with Gasteiger partial charge in [0, 0.05) is 25.1 Å². The number of hydrogen-bond donors (Lipinski definition) is 1. The van der Waals surface area contributed by atoms with E-state index in [0.717, 1.165) is 49.4 Å². The molecule has 4 nitrogen and oxygen atoms in total. The summed E-state index contributed by atoms with van der Waals surface area (Å²) in [6, 6.07) is 2.12. The highest BCUT2D eigenvalue weighted by molar-refractivity contribution is 5.37. The number of aromatic nitrogens is 2. The van der Waals surface area contributed by atoms with Crippen LogP contribution in [0.1, 0.15) is 56.0 Å². The predicted octanol–water partition coefficient (Wildman–Crippen LogP) is 3.28. The van der Waals surface area contributed by atoms with Crippen LogP contribution < -0.4 is 5.32 Å². The smallest absolute Gasteiger partial charge is 0.129 e. The summed E-state index contributed by atoms with van der Waals surface area (Å²) in [4.78, 5) is 9.11. The first kappa shape index (κ1) is 13.8. The van der Waals surface area contributed by atoms with Crippen LogP contribution in [0.5, 0.6) is 0 Å². The monoisotopic (exact) mass is 275 g/mol. The zero-order valence-corrected chi connectivity index (χ0v) is 12.4. The van der Waals surface area contributed by atoms with Crippen LogP contribution >= 0.6 is 0 Å². The number of hydrogen-bond acceptors (Lipinski definition) is 4. The summed E-state index contributed by atoms with van der Waals surface area (Å²) in [5.41, 5.74) is 1.14. The second-order valence-corrected chi connectivity index (χ2v) is 6.17. The van der Waals surface area contributed by atoms with E-state index in [-0.39, 0.29) is 0 Å². The van der Waals surface area contributed by atoms with Crippen LogP contribution in [-0.2, 0) is 4.74 Å². The Bertz CT molecular complexity index is 437. The molecule has 2 fully saturated rings. The minimum Gasteiger partial charge on any atom is -0.381 e. The van der Waals surface area contributed by atoms with E-state index in [2.05, 4.69) is 21.4 Å². The average molecular weight is 275 g/mol. The minimum absolute atomic E-state index is 0.451. The lowest BCUT2D eigenvalue weighted by Crippen LogP contribution is -2.18. The van der Waals surface area contributed by atoms with Crippen LogP contribution in [-0.4, -0.2) is 29.7 Å². The average Bonchev–Trinajstić information content (AvgIpc) is 3.00. The lowest BCUT2D eigenvalue weighted by molar-refractivity contribution is 0.193. The maximum Gasteiger partial charge on any atom is 0.129 e. The number of anilines is 1. The van der Waals surface area contributed by atoms with Gasteiger partial charge >= 0.3 is 0 Å². The van der Waals surface area contributed by atoms with E-state index in [4.69, 9.17) is 4.74 Å². The number of aryl methyl sites for hydroxylation is 1. The molecule has 2 aliphatic rings. The highest BCUT2D eigenvalue weighted by Gasteiger charge is 2.20. The molecule has 1 aliphatic heterocycles. The van der Waals surface area contributed by atoms with Crippen LogP contribution in [0.4, 0.5) is 5.82 Å². The molecule has 1 aromatic rings. The van der Waals surface area contributed by atoms with E-state index >= 15 is 0 Å². The van der Waals surface area contributed by atoms with Crippen LogP contribution in [0.3, 0.4) is 0 Å². The third-order valence-electron chi connectivity index (χ3n) is 4.50. The summed E-state index contributed by atoms with van der Waals surface area (Å²) in [5, 5.41) is 3.53. The number of nitrogens with zero attached hydrogens (tertiary/aromatic N) is 2. The molecule has 1 aliphatic carbocycles. The Morgan fingerprint density at radius 1 is 1.20 bits per heavy atom. The Hall–Kier alpha value is -1.16. The molecule has 4 heteroatoms. The lowest BCUT2D eigenvalue weighted by Gasteiger charge is -2.22. The molecule has 0 bridgehead atoms. The van der Waals surface area contributed by atoms with E-state index in [1.165, 1.54) is 32.1 Å². The second kappa shape index (κ2) is 6.53. The summed E-state index contributed by atoms with van der Waals surface area (Å²) in [5.74, 6) is 3.12. The third-order valence-corrected chi connectivity index (χ3v) is 4.50. The first-order valence-electron chi connectivity index (χ1n) is 7.98. The summed E-state index contributed by atoms with van der Waals surface area (Å²) in [7, 11) is 0. The Labute approximate surface area is 121 Å². The summed E-state index contributed by atoms with van der Waals surface area (Å²) < 4.78 is 5.47. The van der Waals surface area contributed by atoms with Crippen LogP contribution in [0, 0.1) is 12.8 Å². The molecule has 0 aromatic carbocycles. The van der Waals surface area contributed by atoms with Gasteiger partial charge in [0.2, 0.25) is 0 Å². The molecule has 0 spiro atoms. The number of nitrogens with one attached hydrogen (secondary N) is 1. The lowest BCUT2D eigenvalue weighted by atomic mass is 9.89. The summed E-state index contributed by atoms with van der Waals surface area (Å²) in [6.07, 6.45) is 7.99. The molecule has 0 amide bonds. The van der Waals surface area contributed by atoms with Gasteiger partial charge in [-0.2, -0.15) is 0 Å². The van der Waals surface area contributed by atoms with E-state index in [0.29, 0.717) is 5.92 Å². The highest BCUT2D eigenvalue weighted by atomic mass is 16.5. The van der Waals surface area contributed by atoms with Crippen LogP contribution in [0.25, 0.3) is 0 Å². The molecule has 3 rings (SSSR count). The molecular formula is C16H25N3O. The topological polar surface area (TPSA) is 47.0 Å².